The van der Waals surface area contributed by atoms with E-state index in [9.17, 15) is 23.4 Å². The zero-order valence-corrected chi connectivity index (χ0v) is 19.5. The predicted octanol–water partition coefficient (Wildman–Crippen LogP) is 0.458. The maximum atomic E-state index is 12.6. The average Bonchev–Trinajstić information content (AvgIpc) is 2.85. The Morgan fingerprint density at radius 3 is 2.21 bits per heavy atom. The molecule has 180 valence electrons. The fourth-order valence-electron chi connectivity index (χ4n) is 3.56. The van der Waals surface area contributed by atoms with E-state index in [0.29, 0.717) is 11.3 Å². The summed E-state index contributed by atoms with van der Waals surface area (Å²) < 4.78 is 17.2. The van der Waals surface area contributed by atoms with Gasteiger partial charge in [0.05, 0.1) is 24.3 Å². The summed E-state index contributed by atoms with van der Waals surface area (Å²) in [5.74, 6) is -2.02. The van der Waals surface area contributed by atoms with Crippen molar-refractivity contribution >= 4 is 34.5 Å². The van der Waals surface area contributed by atoms with Crippen LogP contribution in [0.1, 0.15) is 18.4 Å². The third kappa shape index (κ3) is 6.98. The van der Waals surface area contributed by atoms with Gasteiger partial charge in [-0.2, -0.15) is 0 Å². The Bertz CT molecular complexity index is 1050. The summed E-state index contributed by atoms with van der Waals surface area (Å²) in [6.45, 7) is 0. The fraction of sp³-hybridized carbons (Fsp3) is 0.333. The first kappa shape index (κ1) is 25.1. The zero-order valence-electron chi connectivity index (χ0n) is 18.7. The van der Waals surface area contributed by atoms with Crippen molar-refractivity contribution in [2.24, 2.45) is 0 Å². The van der Waals surface area contributed by atoms with Crippen molar-refractivity contribution in [3.05, 3.63) is 66.2 Å². The number of carbonyl (C=O) groups excluding carboxylic acids is 4. The van der Waals surface area contributed by atoms with Crippen LogP contribution < -0.4 is 16.0 Å². The molecule has 1 saturated heterocycles. The number of esters is 1. The lowest BCUT2D eigenvalue weighted by Crippen LogP contribution is -2.63. The van der Waals surface area contributed by atoms with Crippen molar-refractivity contribution < 1.29 is 28.1 Å². The molecule has 10 heteroatoms. The van der Waals surface area contributed by atoms with Crippen LogP contribution in [0.15, 0.2) is 65.6 Å². The molecule has 2 aromatic carbocycles. The number of methoxy groups -OCH3 is 1. The largest absolute Gasteiger partial charge is 0.467 e. The minimum Gasteiger partial charge on any atom is -0.467 e. The minimum absolute atomic E-state index is 0.0856. The number of benzene rings is 2. The van der Waals surface area contributed by atoms with Crippen LogP contribution in [0.3, 0.4) is 0 Å². The molecule has 9 nitrogen and oxygen atoms in total. The molecule has 0 saturated carbocycles. The first-order valence-electron chi connectivity index (χ1n) is 10.8. The smallest absolute Gasteiger partial charge is 0.328 e. The van der Waals surface area contributed by atoms with Gasteiger partial charge in [-0.25, -0.2) is 4.79 Å². The highest BCUT2D eigenvalue weighted by Crippen LogP contribution is 2.11. The first-order valence-corrected chi connectivity index (χ1v) is 12.1. The highest BCUT2D eigenvalue weighted by Gasteiger charge is 2.35. The normalized spacial score (nSPS) is 19.3. The Kier molecular flexibility index (Phi) is 8.92. The summed E-state index contributed by atoms with van der Waals surface area (Å²) >= 11 is 0. The van der Waals surface area contributed by atoms with Crippen molar-refractivity contribution in [1.82, 2.24) is 16.0 Å². The highest BCUT2D eigenvalue weighted by molar-refractivity contribution is 7.85. The van der Waals surface area contributed by atoms with Gasteiger partial charge in [0.2, 0.25) is 17.7 Å². The van der Waals surface area contributed by atoms with Crippen LogP contribution in [-0.4, -0.2) is 58.9 Å². The van der Waals surface area contributed by atoms with Crippen molar-refractivity contribution in [3.8, 4) is 0 Å². The summed E-state index contributed by atoms with van der Waals surface area (Å²) in [6, 6.07) is 15.2. The number of amides is 3. The molecule has 1 aliphatic heterocycles. The van der Waals surface area contributed by atoms with Gasteiger partial charge in [-0.05, 0) is 24.1 Å². The second kappa shape index (κ2) is 12.1. The third-order valence-corrected chi connectivity index (χ3v) is 6.76. The molecule has 2 aromatic rings. The van der Waals surface area contributed by atoms with Crippen LogP contribution in [0, 0.1) is 0 Å². The van der Waals surface area contributed by atoms with Gasteiger partial charge in [0.1, 0.15) is 18.1 Å². The van der Waals surface area contributed by atoms with E-state index in [4.69, 9.17) is 4.74 Å². The Morgan fingerprint density at radius 2 is 1.56 bits per heavy atom. The number of hydrogen-bond acceptors (Lipinski definition) is 6. The van der Waals surface area contributed by atoms with Gasteiger partial charge in [-0.1, -0.05) is 48.5 Å². The first-order chi connectivity index (χ1) is 16.4. The molecule has 1 fully saturated rings. The lowest BCUT2D eigenvalue weighted by molar-refractivity contribution is -0.145. The molecular formula is C24H27N3O6S. The summed E-state index contributed by atoms with van der Waals surface area (Å²) in [4.78, 5) is 50.3. The number of carbonyl (C=O) groups is 4. The number of rotatable bonds is 10. The molecule has 0 aromatic heterocycles. The van der Waals surface area contributed by atoms with E-state index < -0.39 is 46.7 Å². The van der Waals surface area contributed by atoms with Crippen LogP contribution in [0.5, 0.6) is 0 Å². The van der Waals surface area contributed by atoms with E-state index in [-0.39, 0.29) is 24.5 Å². The maximum Gasteiger partial charge on any atom is 0.328 e. The van der Waals surface area contributed by atoms with Gasteiger partial charge in [0, 0.05) is 17.1 Å². The van der Waals surface area contributed by atoms with Gasteiger partial charge >= 0.3 is 5.97 Å². The topological polar surface area (TPSA) is 131 Å². The lowest BCUT2D eigenvalue weighted by Gasteiger charge is -2.29. The van der Waals surface area contributed by atoms with E-state index in [1.807, 2.05) is 36.4 Å². The van der Waals surface area contributed by atoms with E-state index in [2.05, 4.69) is 16.0 Å². The molecular weight excluding hydrogens is 458 g/mol. The molecule has 0 bridgehead atoms. The second-order valence-corrected chi connectivity index (χ2v) is 9.38. The third-order valence-electron chi connectivity index (χ3n) is 5.36. The van der Waals surface area contributed by atoms with Crippen LogP contribution in [0.2, 0.25) is 0 Å². The van der Waals surface area contributed by atoms with Gasteiger partial charge in [0.15, 0.2) is 0 Å². The molecule has 0 aliphatic carbocycles. The number of hydrogen-bond donors (Lipinski definition) is 3. The molecule has 0 unspecified atom stereocenters. The number of ether oxygens (including phenoxy) is 1. The molecule has 34 heavy (non-hydrogen) atoms. The Balaban J connectivity index is 1.53. The van der Waals surface area contributed by atoms with Crippen LogP contribution in [-0.2, 0) is 41.1 Å². The van der Waals surface area contributed by atoms with E-state index >= 15 is 0 Å². The molecule has 1 heterocycles. The molecule has 3 amide bonds. The summed E-state index contributed by atoms with van der Waals surface area (Å²) in [6.07, 6.45) is 0.0769. The molecule has 4 atom stereocenters. The summed E-state index contributed by atoms with van der Waals surface area (Å²) in [5, 5.41) is 7.76. The van der Waals surface area contributed by atoms with E-state index in [0.717, 1.165) is 5.56 Å². The Hall–Kier alpha value is -3.53. The second-order valence-electron chi connectivity index (χ2n) is 7.81. The van der Waals surface area contributed by atoms with Crippen LogP contribution in [0.25, 0.3) is 0 Å². The Labute approximate surface area is 200 Å². The van der Waals surface area contributed by atoms with Crippen molar-refractivity contribution in [2.45, 2.75) is 42.3 Å². The monoisotopic (exact) mass is 485 g/mol. The van der Waals surface area contributed by atoms with Crippen molar-refractivity contribution in [2.75, 3.05) is 12.9 Å². The Morgan fingerprint density at radius 1 is 0.971 bits per heavy atom. The molecule has 1 aliphatic rings. The fourth-order valence-corrected chi connectivity index (χ4v) is 4.70. The molecule has 0 spiro atoms. The quantitative estimate of drug-likeness (QED) is 0.419. The molecule has 3 rings (SSSR count). The standard InChI is InChI=1S/C24H27N3O6S/c1-33-24(31)18(12-13-34(32)17-10-6-3-7-11-17)25-21(28)15-20-23(30)26-19(22(29)27-20)14-16-8-4-2-5-9-16/h2-11,18-20H,12-15H2,1H3,(H,25,28)(H,26,30)(H,27,29)/t18-,19-,20-,34+/m0/s1. The zero-order chi connectivity index (χ0) is 24.5. The average molecular weight is 486 g/mol. The molecule has 0 radical (unpaired) electrons. The van der Waals surface area contributed by atoms with Gasteiger partial charge < -0.3 is 20.7 Å². The van der Waals surface area contributed by atoms with Crippen molar-refractivity contribution in [1.29, 1.82) is 0 Å². The number of piperazine rings is 1. The number of nitrogens with one attached hydrogen (secondary N) is 3. The lowest BCUT2D eigenvalue weighted by atomic mass is 10.0. The van der Waals surface area contributed by atoms with Gasteiger partial charge in [-0.15, -0.1) is 0 Å². The minimum atomic E-state index is -1.36. The van der Waals surface area contributed by atoms with E-state index in [1.165, 1.54) is 7.11 Å². The molecule has 3 N–H and O–H groups in total. The van der Waals surface area contributed by atoms with E-state index in [1.54, 1.807) is 24.3 Å². The SMILES string of the molecule is COC(=O)[C@H](CC[S@@](=O)c1ccccc1)NC(=O)C[C@@H]1NC(=O)[C@H](Cc2ccccc2)NC1=O. The highest BCUT2D eigenvalue weighted by atomic mass is 32.2. The van der Waals surface area contributed by atoms with Crippen LogP contribution in [0.4, 0.5) is 0 Å². The van der Waals surface area contributed by atoms with Gasteiger partial charge in [-0.3, -0.25) is 18.6 Å². The maximum absolute atomic E-state index is 12.6. The summed E-state index contributed by atoms with van der Waals surface area (Å²) in [7, 11) is -0.164. The predicted molar refractivity (Wildman–Crippen MR) is 125 cm³/mol. The summed E-state index contributed by atoms with van der Waals surface area (Å²) in [5.41, 5.74) is 0.896. The van der Waals surface area contributed by atoms with Gasteiger partial charge in [0.25, 0.3) is 0 Å². The van der Waals surface area contributed by atoms with Crippen molar-refractivity contribution in [3.63, 3.8) is 0 Å². The van der Waals surface area contributed by atoms with Crippen LogP contribution >= 0.6 is 0 Å².